The smallest absolute Gasteiger partial charge is 0.230 e. The maximum Gasteiger partial charge on any atom is 0.230 e. The highest BCUT2D eigenvalue weighted by Crippen LogP contribution is 2.28. The van der Waals surface area contributed by atoms with Gasteiger partial charge in [-0.25, -0.2) is 19.3 Å². The van der Waals surface area contributed by atoms with Crippen LogP contribution in [-0.4, -0.2) is 77.5 Å². The van der Waals surface area contributed by atoms with Crippen LogP contribution in [0.25, 0.3) is 11.0 Å². The Labute approximate surface area is 182 Å². The highest BCUT2D eigenvalue weighted by atomic mass is 32.2. The molecule has 0 saturated carbocycles. The van der Waals surface area contributed by atoms with Gasteiger partial charge in [0, 0.05) is 26.7 Å². The largest absolute Gasteiger partial charge is 0.356 e. The van der Waals surface area contributed by atoms with Crippen molar-refractivity contribution in [3.63, 3.8) is 0 Å². The number of rotatable bonds is 8. The number of piperidine rings is 1. The van der Waals surface area contributed by atoms with Crippen LogP contribution in [0.4, 0.5) is 5.82 Å². The first-order valence-electron chi connectivity index (χ1n) is 9.80. The Hall–Kier alpha value is -2.41. The van der Waals surface area contributed by atoms with E-state index in [0.29, 0.717) is 18.2 Å². The number of amides is 1. The van der Waals surface area contributed by atoms with Gasteiger partial charge >= 0.3 is 0 Å². The average molecular weight is 449 g/mol. The zero-order valence-electron chi connectivity index (χ0n) is 17.0. The van der Waals surface area contributed by atoms with Crippen molar-refractivity contribution in [2.45, 2.75) is 36.1 Å². The minimum absolute atomic E-state index is 0.0760. The molecule has 13 heteroatoms. The minimum Gasteiger partial charge on any atom is -0.356 e. The summed E-state index contributed by atoms with van der Waals surface area (Å²) in [5.74, 6) is 1.15. The molecule has 1 amide bonds. The van der Waals surface area contributed by atoms with Crippen molar-refractivity contribution in [3.8, 4) is 0 Å². The fourth-order valence-electron chi connectivity index (χ4n) is 3.35. The van der Waals surface area contributed by atoms with Crippen molar-refractivity contribution in [1.82, 2.24) is 45.3 Å². The van der Waals surface area contributed by atoms with E-state index >= 15 is 0 Å². The summed E-state index contributed by atoms with van der Waals surface area (Å²) in [4.78, 5) is 23.9. The van der Waals surface area contributed by atoms with E-state index in [-0.39, 0.29) is 11.7 Å². The Morgan fingerprint density at radius 3 is 2.80 bits per heavy atom. The summed E-state index contributed by atoms with van der Waals surface area (Å²) in [6.45, 7) is 3.03. The first-order chi connectivity index (χ1) is 14.7. The Bertz CT molecular complexity index is 1010. The third-order valence-corrected chi connectivity index (χ3v) is 6.41. The number of tetrazole rings is 1. The van der Waals surface area contributed by atoms with Crippen LogP contribution in [0.1, 0.15) is 19.3 Å². The Kier molecular flexibility index (Phi) is 6.67. The molecule has 1 aliphatic rings. The van der Waals surface area contributed by atoms with E-state index in [0.717, 1.165) is 35.1 Å². The molecule has 1 aliphatic heterocycles. The summed E-state index contributed by atoms with van der Waals surface area (Å²) in [6.07, 6.45) is 7.45. The normalized spacial score (nSPS) is 14.4. The molecule has 0 aliphatic carbocycles. The Morgan fingerprint density at radius 2 is 2.07 bits per heavy atom. The second kappa shape index (κ2) is 9.60. The van der Waals surface area contributed by atoms with E-state index in [2.05, 4.69) is 35.8 Å². The quantitative estimate of drug-likeness (QED) is 0.394. The molecule has 0 aromatic carbocycles. The first kappa shape index (κ1) is 20.8. The Balaban J connectivity index is 1.40. The van der Waals surface area contributed by atoms with Crippen molar-refractivity contribution in [1.29, 1.82) is 0 Å². The Morgan fingerprint density at radius 1 is 1.23 bits per heavy atom. The summed E-state index contributed by atoms with van der Waals surface area (Å²) in [7, 11) is 1.74. The van der Waals surface area contributed by atoms with Crippen LogP contribution in [0.5, 0.6) is 0 Å². The summed E-state index contributed by atoms with van der Waals surface area (Å²) < 4.78 is 3.38. The fraction of sp³-hybridized carbons (Fsp3) is 0.588. The van der Waals surface area contributed by atoms with Crippen molar-refractivity contribution < 1.29 is 4.79 Å². The van der Waals surface area contributed by atoms with Gasteiger partial charge in [-0.2, -0.15) is 5.10 Å². The van der Waals surface area contributed by atoms with Gasteiger partial charge in [0.1, 0.15) is 5.82 Å². The summed E-state index contributed by atoms with van der Waals surface area (Å²) in [5.41, 5.74) is 0.809. The number of aryl methyl sites for hydroxylation is 1. The van der Waals surface area contributed by atoms with Crippen LogP contribution < -0.4 is 10.2 Å². The molecule has 3 aromatic rings. The van der Waals surface area contributed by atoms with E-state index in [1.54, 1.807) is 7.05 Å². The van der Waals surface area contributed by atoms with E-state index in [1.165, 1.54) is 47.5 Å². The average Bonchev–Trinajstić information content (AvgIpc) is 3.38. The van der Waals surface area contributed by atoms with Gasteiger partial charge in [-0.15, -0.1) is 5.10 Å². The zero-order valence-corrected chi connectivity index (χ0v) is 18.6. The van der Waals surface area contributed by atoms with E-state index in [1.807, 2.05) is 17.1 Å². The summed E-state index contributed by atoms with van der Waals surface area (Å²) in [6, 6.07) is 0. The van der Waals surface area contributed by atoms with Crippen molar-refractivity contribution in [3.05, 3.63) is 6.20 Å². The van der Waals surface area contributed by atoms with Gasteiger partial charge in [-0.3, -0.25) is 4.79 Å². The molecule has 1 N–H and O–H groups in total. The van der Waals surface area contributed by atoms with Crippen LogP contribution in [0.2, 0.25) is 0 Å². The lowest BCUT2D eigenvalue weighted by atomic mass is 10.1. The highest BCUT2D eigenvalue weighted by Gasteiger charge is 2.19. The monoisotopic (exact) mass is 448 g/mol. The number of carbonyl (C=O) groups is 1. The third-order valence-electron chi connectivity index (χ3n) is 4.85. The third kappa shape index (κ3) is 4.67. The molecule has 0 radical (unpaired) electrons. The van der Waals surface area contributed by atoms with Crippen LogP contribution in [0.15, 0.2) is 16.5 Å². The molecule has 1 saturated heterocycles. The van der Waals surface area contributed by atoms with Gasteiger partial charge in [-0.05, 0) is 35.9 Å². The molecule has 4 rings (SSSR count). The predicted octanol–water partition coefficient (Wildman–Crippen LogP) is 0.970. The number of carbonyl (C=O) groups excluding carboxylic acids is 1. The van der Waals surface area contributed by atoms with Gasteiger partial charge in [-0.1, -0.05) is 23.5 Å². The van der Waals surface area contributed by atoms with Crippen molar-refractivity contribution >= 4 is 46.3 Å². The van der Waals surface area contributed by atoms with Gasteiger partial charge in [0.2, 0.25) is 11.1 Å². The number of hydrogen-bond donors (Lipinski definition) is 1. The minimum atomic E-state index is -0.0760. The predicted molar refractivity (Wildman–Crippen MR) is 116 cm³/mol. The number of anilines is 1. The highest BCUT2D eigenvalue weighted by molar-refractivity contribution is 7.99. The first-order valence-corrected chi connectivity index (χ1v) is 12.0. The summed E-state index contributed by atoms with van der Waals surface area (Å²) in [5, 5.41) is 20.9. The van der Waals surface area contributed by atoms with Crippen LogP contribution >= 0.6 is 23.5 Å². The molecule has 4 heterocycles. The molecular weight excluding hydrogens is 424 g/mol. The molecular formula is C17H24N10OS2. The number of thioether (sulfide) groups is 2. The lowest BCUT2D eigenvalue weighted by Crippen LogP contribution is -2.30. The van der Waals surface area contributed by atoms with Gasteiger partial charge < -0.3 is 10.2 Å². The number of nitrogens with one attached hydrogen (secondary N) is 1. The SMILES string of the molecule is CSc1nc(N2CCCCC2)c2cnn(CCNC(=O)CSc3nnnn3C)c2n1. The summed E-state index contributed by atoms with van der Waals surface area (Å²) >= 11 is 2.83. The topological polar surface area (TPSA) is 120 Å². The second-order valence-corrected chi connectivity index (χ2v) is 8.63. The van der Waals surface area contributed by atoms with E-state index < -0.39 is 0 Å². The molecule has 30 heavy (non-hydrogen) atoms. The van der Waals surface area contributed by atoms with Crippen molar-refractivity contribution in [2.24, 2.45) is 7.05 Å². The lowest BCUT2D eigenvalue weighted by molar-refractivity contribution is -0.118. The zero-order chi connectivity index (χ0) is 20.9. The van der Waals surface area contributed by atoms with Gasteiger partial charge in [0.05, 0.1) is 23.9 Å². The van der Waals surface area contributed by atoms with Gasteiger partial charge in [0.25, 0.3) is 0 Å². The molecule has 0 spiro atoms. The molecule has 0 bridgehead atoms. The molecule has 3 aromatic heterocycles. The number of aromatic nitrogens is 8. The molecule has 1 fully saturated rings. The van der Waals surface area contributed by atoms with Crippen LogP contribution in [0.3, 0.4) is 0 Å². The number of nitrogens with zero attached hydrogens (tertiary/aromatic N) is 9. The molecule has 11 nitrogen and oxygen atoms in total. The van der Waals surface area contributed by atoms with E-state index in [4.69, 9.17) is 4.98 Å². The standard InChI is InChI=1S/C17H24N10OS2/c1-25-17(22-23-24-25)30-11-13(28)18-6-9-27-15-12(10-19-27)14(20-16(21-15)29-2)26-7-4-3-5-8-26/h10H,3-9,11H2,1-2H3,(H,18,28). The molecule has 160 valence electrons. The van der Waals surface area contributed by atoms with E-state index in [9.17, 15) is 4.79 Å². The maximum atomic E-state index is 12.1. The number of fused-ring (bicyclic) bond motifs is 1. The second-order valence-electron chi connectivity index (χ2n) is 6.91. The molecule has 0 atom stereocenters. The fourth-order valence-corrected chi connectivity index (χ4v) is 4.38. The van der Waals surface area contributed by atoms with Crippen LogP contribution in [0, 0.1) is 0 Å². The maximum absolute atomic E-state index is 12.1. The molecule has 0 unspecified atom stereocenters. The lowest BCUT2D eigenvalue weighted by Gasteiger charge is -2.28. The van der Waals surface area contributed by atoms with Crippen molar-refractivity contribution in [2.75, 3.05) is 36.5 Å². The number of hydrogen-bond acceptors (Lipinski definition) is 10. The van der Waals surface area contributed by atoms with Gasteiger partial charge in [0.15, 0.2) is 10.8 Å². The van der Waals surface area contributed by atoms with Crippen LogP contribution in [-0.2, 0) is 18.4 Å².